The lowest BCUT2D eigenvalue weighted by molar-refractivity contribution is 0.586. The monoisotopic (exact) mass is 338 g/mol. The Labute approximate surface area is 139 Å². The summed E-state index contributed by atoms with van der Waals surface area (Å²) in [7, 11) is 0. The minimum atomic E-state index is 0.276. The number of thioether (sulfide) groups is 2. The zero-order valence-corrected chi connectivity index (χ0v) is 14.3. The average Bonchev–Trinajstić information content (AvgIpc) is 3.00. The zero-order valence-electron chi connectivity index (χ0n) is 11.9. The number of nitrogens with zero attached hydrogens (tertiary/aromatic N) is 2. The van der Waals surface area contributed by atoms with Crippen molar-refractivity contribution in [3.05, 3.63) is 53.6 Å². The minimum absolute atomic E-state index is 0.276. The molecule has 0 atom stereocenters. The van der Waals surface area contributed by atoms with Gasteiger partial charge >= 0.3 is 0 Å². The summed E-state index contributed by atoms with van der Waals surface area (Å²) in [4.78, 5) is 4.18. The zero-order chi connectivity index (χ0) is 14.5. The molecule has 1 fully saturated rings. The number of aromatic nitrogens is 2. The van der Waals surface area contributed by atoms with E-state index in [0.29, 0.717) is 0 Å². The summed E-state index contributed by atoms with van der Waals surface area (Å²) >= 11 is 10.2. The van der Waals surface area contributed by atoms with Crippen LogP contribution in [0.5, 0.6) is 0 Å². The maximum absolute atomic E-state index is 5.96. The van der Waals surface area contributed by atoms with Crippen molar-refractivity contribution in [2.75, 3.05) is 11.5 Å². The maximum atomic E-state index is 5.96. The van der Waals surface area contributed by atoms with E-state index in [1.54, 1.807) is 0 Å². The molecule has 0 aliphatic carbocycles. The van der Waals surface area contributed by atoms with E-state index in [4.69, 9.17) is 11.6 Å². The van der Waals surface area contributed by atoms with E-state index in [1.165, 1.54) is 29.9 Å². The minimum Gasteiger partial charge on any atom is -0.335 e. The highest BCUT2D eigenvalue weighted by atomic mass is 35.5. The fraction of sp³-hybridized carbons (Fsp3) is 0.438. The fourth-order valence-corrected chi connectivity index (χ4v) is 6.01. The van der Waals surface area contributed by atoms with Gasteiger partial charge in [-0.25, -0.2) is 4.98 Å². The van der Waals surface area contributed by atoms with Crippen molar-refractivity contribution in [3.8, 4) is 0 Å². The molecule has 0 saturated carbocycles. The van der Waals surface area contributed by atoms with Gasteiger partial charge in [0.2, 0.25) is 0 Å². The van der Waals surface area contributed by atoms with Crippen LogP contribution in [0.15, 0.2) is 43.0 Å². The van der Waals surface area contributed by atoms with Crippen LogP contribution in [0.3, 0.4) is 0 Å². The Morgan fingerprint density at radius 2 is 1.95 bits per heavy atom. The van der Waals surface area contributed by atoms with E-state index in [0.717, 1.165) is 18.0 Å². The van der Waals surface area contributed by atoms with Gasteiger partial charge in [0.15, 0.2) is 0 Å². The van der Waals surface area contributed by atoms with Crippen molar-refractivity contribution in [1.29, 1.82) is 0 Å². The number of aryl methyl sites for hydroxylation is 1. The van der Waals surface area contributed by atoms with E-state index in [1.807, 2.05) is 24.7 Å². The molecule has 3 rings (SSSR count). The number of hydrogen-bond acceptors (Lipinski definition) is 3. The van der Waals surface area contributed by atoms with Gasteiger partial charge in [0, 0.05) is 24.0 Å². The van der Waals surface area contributed by atoms with Crippen LogP contribution in [-0.2, 0) is 13.0 Å². The summed E-state index contributed by atoms with van der Waals surface area (Å²) in [6.45, 7) is 1.04. The van der Waals surface area contributed by atoms with Crippen molar-refractivity contribution in [2.45, 2.75) is 29.9 Å². The predicted molar refractivity (Wildman–Crippen MR) is 94.3 cm³/mol. The van der Waals surface area contributed by atoms with Crippen molar-refractivity contribution < 1.29 is 0 Å². The molecule has 0 amide bonds. The lowest BCUT2D eigenvalue weighted by Gasteiger charge is -2.36. The van der Waals surface area contributed by atoms with Crippen molar-refractivity contribution in [1.82, 2.24) is 9.55 Å². The normalized spacial score (nSPS) is 17.8. The lowest BCUT2D eigenvalue weighted by Crippen LogP contribution is -2.31. The molecule has 1 saturated heterocycles. The summed E-state index contributed by atoms with van der Waals surface area (Å²) in [5.41, 5.74) is 1.37. The largest absolute Gasteiger partial charge is 0.335 e. The van der Waals surface area contributed by atoms with Gasteiger partial charge in [-0.2, -0.15) is 0 Å². The quantitative estimate of drug-likeness (QED) is 0.784. The fourth-order valence-electron chi connectivity index (χ4n) is 2.58. The first-order valence-corrected chi connectivity index (χ1v) is 9.59. The van der Waals surface area contributed by atoms with Crippen molar-refractivity contribution in [3.63, 3.8) is 0 Å². The van der Waals surface area contributed by atoms with E-state index >= 15 is 0 Å². The van der Waals surface area contributed by atoms with Gasteiger partial charge in [0.25, 0.3) is 0 Å². The lowest BCUT2D eigenvalue weighted by atomic mass is 10.1. The molecule has 0 spiro atoms. The number of benzene rings is 1. The van der Waals surface area contributed by atoms with Crippen molar-refractivity contribution >= 4 is 35.1 Å². The molecule has 5 heteroatoms. The smallest absolute Gasteiger partial charge is 0.0946 e. The molecule has 1 aromatic heterocycles. The van der Waals surface area contributed by atoms with Crippen LogP contribution in [-0.4, -0.2) is 25.1 Å². The number of halogens is 1. The van der Waals surface area contributed by atoms with E-state index in [9.17, 15) is 0 Å². The standard InChI is InChI=1S/C16H19ClN2S2/c17-15-4-2-14(3-5-15)6-7-16(20-10-1-11-21-16)12-19-9-8-18-13-19/h2-5,8-9,13H,1,6-7,10-12H2. The molecule has 0 N–H and O–H groups in total. The van der Waals surface area contributed by atoms with Crippen LogP contribution < -0.4 is 0 Å². The summed E-state index contributed by atoms with van der Waals surface area (Å²) < 4.78 is 2.49. The summed E-state index contributed by atoms with van der Waals surface area (Å²) in [6.07, 6.45) is 9.47. The van der Waals surface area contributed by atoms with Gasteiger partial charge in [-0.1, -0.05) is 23.7 Å². The predicted octanol–water partition coefficient (Wildman–Crippen LogP) is 4.74. The first kappa shape index (κ1) is 15.3. The van der Waals surface area contributed by atoms with Gasteiger partial charge in [-0.05, 0) is 48.5 Å². The third-order valence-corrected chi connectivity index (χ3v) is 7.37. The van der Waals surface area contributed by atoms with Gasteiger partial charge in [0.05, 0.1) is 10.4 Å². The molecule has 21 heavy (non-hydrogen) atoms. The molecule has 1 aliphatic heterocycles. The molecule has 112 valence electrons. The molecule has 2 nitrogen and oxygen atoms in total. The Bertz CT molecular complexity index is 548. The summed E-state index contributed by atoms with van der Waals surface area (Å²) in [5, 5.41) is 0.813. The first-order chi connectivity index (χ1) is 10.3. The molecule has 1 aliphatic rings. The number of rotatable bonds is 5. The Morgan fingerprint density at radius 3 is 2.62 bits per heavy atom. The van der Waals surface area contributed by atoms with Crippen LogP contribution in [0, 0.1) is 0 Å². The molecular formula is C16H19ClN2S2. The second kappa shape index (κ2) is 7.12. The third kappa shape index (κ3) is 4.21. The topological polar surface area (TPSA) is 17.8 Å². The molecule has 0 radical (unpaired) electrons. The number of hydrogen-bond donors (Lipinski definition) is 0. The maximum Gasteiger partial charge on any atom is 0.0946 e. The van der Waals surface area contributed by atoms with Crippen LogP contribution in [0.2, 0.25) is 5.02 Å². The highest BCUT2D eigenvalue weighted by Crippen LogP contribution is 2.46. The van der Waals surface area contributed by atoms with Gasteiger partial charge in [-0.15, -0.1) is 23.5 Å². The van der Waals surface area contributed by atoms with E-state index in [-0.39, 0.29) is 4.08 Å². The van der Waals surface area contributed by atoms with Gasteiger partial charge in [0.1, 0.15) is 0 Å². The average molecular weight is 339 g/mol. The molecule has 2 aromatic rings. The second-order valence-corrected chi connectivity index (χ2v) is 8.97. The summed E-state index contributed by atoms with van der Waals surface area (Å²) in [6, 6.07) is 8.26. The Hall–Kier alpha value is -0.580. The van der Waals surface area contributed by atoms with Gasteiger partial charge in [-0.3, -0.25) is 0 Å². The highest BCUT2D eigenvalue weighted by Gasteiger charge is 2.33. The Kier molecular flexibility index (Phi) is 5.19. The van der Waals surface area contributed by atoms with Gasteiger partial charge < -0.3 is 4.57 Å². The third-order valence-electron chi connectivity index (χ3n) is 3.71. The van der Waals surface area contributed by atoms with Crippen LogP contribution in [0.1, 0.15) is 18.4 Å². The molecule has 2 heterocycles. The number of imidazole rings is 1. The van der Waals surface area contributed by atoms with Crippen LogP contribution in [0.4, 0.5) is 0 Å². The molecule has 1 aromatic carbocycles. The molecule has 0 bridgehead atoms. The van der Waals surface area contributed by atoms with E-state index < -0.39 is 0 Å². The Morgan fingerprint density at radius 1 is 1.19 bits per heavy atom. The van der Waals surface area contributed by atoms with Crippen LogP contribution in [0.25, 0.3) is 0 Å². The molecular weight excluding hydrogens is 320 g/mol. The van der Waals surface area contributed by atoms with E-state index in [2.05, 4.69) is 51.4 Å². The molecule has 0 unspecified atom stereocenters. The summed E-state index contributed by atoms with van der Waals surface area (Å²) in [5.74, 6) is 2.53. The Balaban J connectivity index is 1.68. The first-order valence-electron chi connectivity index (χ1n) is 7.24. The highest BCUT2D eigenvalue weighted by molar-refractivity contribution is 8.18. The SMILES string of the molecule is Clc1ccc(CCC2(Cn3ccnc3)SCCCS2)cc1. The van der Waals surface area contributed by atoms with Crippen molar-refractivity contribution in [2.24, 2.45) is 0 Å². The second-order valence-electron chi connectivity index (χ2n) is 5.32. The van der Waals surface area contributed by atoms with Crippen LogP contribution >= 0.6 is 35.1 Å².